The quantitative estimate of drug-likeness (QED) is 0.630. The zero-order valence-corrected chi connectivity index (χ0v) is 19.6. The lowest BCUT2D eigenvalue weighted by atomic mass is 9.96. The van der Waals surface area contributed by atoms with Crippen molar-refractivity contribution in [2.24, 2.45) is 0 Å². The summed E-state index contributed by atoms with van der Waals surface area (Å²) in [6.07, 6.45) is 7.60. The van der Waals surface area contributed by atoms with Crippen molar-refractivity contribution in [3.05, 3.63) is 35.9 Å². The van der Waals surface area contributed by atoms with E-state index < -0.39 is 17.6 Å². The molecule has 4 heteroatoms. The summed E-state index contributed by atoms with van der Waals surface area (Å²) in [7, 11) is -2.17. The maximum Gasteiger partial charge on any atom is 0.0800 e. The van der Waals surface area contributed by atoms with Crippen LogP contribution in [0, 0.1) is 0 Å². The molecule has 2 aliphatic heterocycles. The second kappa shape index (κ2) is 8.72. The van der Waals surface area contributed by atoms with Gasteiger partial charge in [0.15, 0.2) is 0 Å². The predicted molar refractivity (Wildman–Crippen MR) is 117 cm³/mol. The van der Waals surface area contributed by atoms with Crippen molar-refractivity contribution in [2.45, 2.75) is 87.5 Å². The summed E-state index contributed by atoms with van der Waals surface area (Å²) >= 11 is 0. The number of benzene rings is 1. The highest BCUT2D eigenvalue weighted by atomic mass is 28.3. The van der Waals surface area contributed by atoms with Crippen molar-refractivity contribution in [3.8, 4) is 0 Å². The fourth-order valence-corrected chi connectivity index (χ4v) is 13.9. The highest BCUT2D eigenvalue weighted by Crippen LogP contribution is 2.47. The van der Waals surface area contributed by atoms with Gasteiger partial charge in [-0.05, 0) is 50.0 Å². The molecule has 2 heterocycles. The van der Waals surface area contributed by atoms with Crippen LogP contribution in [0.2, 0.25) is 25.7 Å². The fourth-order valence-electron chi connectivity index (χ4n) is 5.69. The minimum Gasteiger partial charge on any atom is -0.376 e. The summed E-state index contributed by atoms with van der Waals surface area (Å²) in [6.45, 7) is 11.9. The van der Waals surface area contributed by atoms with E-state index in [0.717, 1.165) is 13.2 Å². The first-order valence-corrected chi connectivity index (χ1v) is 16.3. The molecule has 0 N–H and O–H groups in total. The van der Waals surface area contributed by atoms with Crippen molar-refractivity contribution in [2.75, 3.05) is 13.2 Å². The Bertz CT molecular complexity index is 549. The monoisotopic (exact) mass is 390 g/mol. The topological polar surface area (TPSA) is 18.5 Å². The first-order valence-electron chi connectivity index (χ1n) is 10.8. The third-order valence-corrected chi connectivity index (χ3v) is 14.2. The molecule has 0 radical (unpaired) electrons. The highest BCUT2D eigenvalue weighted by molar-refractivity contribution is 6.67. The lowest BCUT2D eigenvalue weighted by Gasteiger charge is -2.58. The summed E-state index contributed by atoms with van der Waals surface area (Å²) in [5.74, 6) is 0.620. The van der Waals surface area contributed by atoms with Crippen LogP contribution in [0.25, 0.3) is 0 Å². The van der Waals surface area contributed by atoms with Gasteiger partial charge in [0.2, 0.25) is 0 Å². The molecule has 0 saturated carbocycles. The Hall–Kier alpha value is -0.426. The first kappa shape index (κ1) is 20.3. The number of ether oxygens (including phenoxy) is 2. The van der Waals surface area contributed by atoms with E-state index in [9.17, 15) is 0 Å². The molecule has 1 aromatic carbocycles. The largest absolute Gasteiger partial charge is 0.376 e. The van der Waals surface area contributed by atoms with Crippen LogP contribution < -0.4 is 0 Å². The van der Waals surface area contributed by atoms with Gasteiger partial charge in [-0.2, -0.15) is 0 Å². The van der Waals surface area contributed by atoms with E-state index in [0.29, 0.717) is 5.92 Å². The third-order valence-electron chi connectivity index (χ3n) is 7.12. The van der Waals surface area contributed by atoms with Crippen molar-refractivity contribution in [3.63, 3.8) is 0 Å². The summed E-state index contributed by atoms with van der Waals surface area (Å²) in [6, 6.07) is 12.4. The van der Waals surface area contributed by atoms with E-state index in [1.165, 1.54) is 50.1 Å². The van der Waals surface area contributed by atoms with Gasteiger partial charge >= 0.3 is 0 Å². The molecule has 2 aliphatic rings. The van der Waals surface area contributed by atoms with Gasteiger partial charge in [-0.3, -0.25) is 0 Å². The maximum atomic E-state index is 6.84. The molecule has 0 bridgehead atoms. The number of hydrogen-bond acceptors (Lipinski definition) is 2. The normalized spacial score (nSPS) is 32.3. The Balaban J connectivity index is 1.88. The lowest BCUT2D eigenvalue weighted by Crippen LogP contribution is -2.71. The number of hydrogen-bond donors (Lipinski definition) is 0. The molecule has 2 saturated heterocycles. The predicted octanol–water partition coefficient (Wildman–Crippen LogP) is 5.09. The minimum atomic E-state index is -1.16. The Morgan fingerprint density at radius 3 is 1.96 bits per heavy atom. The van der Waals surface area contributed by atoms with Crippen LogP contribution in [-0.4, -0.2) is 41.3 Å². The SMILES string of the molecule is CC(C[SiH](C)C1(C2([SiH](C)C)CCCCO2)CCCCO1)c1ccccc1. The van der Waals surface area contributed by atoms with E-state index in [-0.39, 0.29) is 10.4 Å². The molecular formula is C22H38O2Si2. The average molecular weight is 391 g/mol. The van der Waals surface area contributed by atoms with Crippen LogP contribution >= 0.6 is 0 Å². The van der Waals surface area contributed by atoms with E-state index in [4.69, 9.17) is 9.47 Å². The van der Waals surface area contributed by atoms with Gasteiger partial charge in [-0.1, -0.05) is 62.9 Å². The van der Waals surface area contributed by atoms with Crippen molar-refractivity contribution in [1.29, 1.82) is 0 Å². The summed E-state index contributed by atoms with van der Waals surface area (Å²) in [5.41, 5.74) is 1.48. The standard InChI is InChI=1S/C22H38O2Si2/c1-19(20-12-6-5-7-13-20)18-26(4)22(15-9-11-17-24-22)21(25(2)3)14-8-10-16-23-21/h5-7,12-13,19,25-26H,8-11,14-18H2,1-4H3. The molecule has 0 aromatic heterocycles. The van der Waals surface area contributed by atoms with Crippen LogP contribution in [-0.2, 0) is 9.47 Å². The van der Waals surface area contributed by atoms with Gasteiger partial charge in [0.1, 0.15) is 0 Å². The summed E-state index contributed by atoms with van der Waals surface area (Å²) in [4.78, 5) is 0. The Kier molecular flexibility index (Phi) is 6.81. The zero-order valence-electron chi connectivity index (χ0n) is 17.3. The molecule has 0 aliphatic carbocycles. The molecule has 4 atom stereocenters. The Morgan fingerprint density at radius 2 is 1.46 bits per heavy atom. The van der Waals surface area contributed by atoms with Crippen LogP contribution in [0.1, 0.15) is 56.9 Å². The molecule has 2 nitrogen and oxygen atoms in total. The Labute approximate surface area is 163 Å². The molecular weight excluding hydrogens is 352 g/mol. The van der Waals surface area contributed by atoms with Gasteiger partial charge in [0, 0.05) is 13.2 Å². The summed E-state index contributed by atoms with van der Waals surface area (Å²) in [5, 5.41) is 0.142. The van der Waals surface area contributed by atoms with Crippen LogP contribution in [0.3, 0.4) is 0 Å². The summed E-state index contributed by atoms with van der Waals surface area (Å²) < 4.78 is 13.6. The van der Waals surface area contributed by atoms with Crippen molar-refractivity contribution in [1.82, 2.24) is 0 Å². The lowest BCUT2D eigenvalue weighted by molar-refractivity contribution is -0.164. The van der Waals surface area contributed by atoms with Gasteiger partial charge in [-0.15, -0.1) is 0 Å². The molecule has 1 aromatic rings. The molecule has 3 rings (SSSR count). The average Bonchev–Trinajstić information content (AvgIpc) is 2.69. The fraction of sp³-hybridized carbons (Fsp3) is 0.727. The van der Waals surface area contributed by atoms with E-state index in [1.54, 1.807) is 0 Å². The van der Waals surface area contributed by atoms with Crippen LogP contribution in [0.4, 0.5) is 0 Å². The molecule has 0 spiro atoms. The number of rotatable bonds is 6. The second-order valence-corrected chi connectivity index (χ2v) is 15.4. The van der Waals surface area contributed by atoms with Crippen molar-refractivity contribution >= 4 is 17.6 Å². The van der Waals surface area contributed by atoms with E-state index in [1.807, 2.05) is 0 Å². The smallest absolute Gasteiger partial charge is 0.0800 e. The molecule has 0 amide bonds. The van der Waals surface area contributed by atoms with Gasteiger partial charge in [0.05, 0.1) is 28.0 Å². The Morgan fingerprint density at radius 1 is 0.885 bits per heavy atom. The third kappa shape index (κ3) is 3.75. The molecule has 26 heavy (non-hydrogen) atoms. The molecule has 2 fully saturated rings. The molecule has 4 unspecified atom stereocenters. The second-order valence-electron chi connectivity index (χ2n) is 8.99. The van der Waals surface area contributed by atoms with Gasteiger partial charge in [0.25, 0.3) is 0 Å². The maximum absolute atomic E-state index is 6.84. The van der Waals surface area contributed by atoms with Crippen molar-refractivity contribution < 1.29 is 9.47 Å². The zero-order chi connectivity index (χ0) is 18.6. The van der Waals surface area contributed by atoms with Gasteiger partial charge in [-0.25, -0.2) is 0 Å². The van der Waals surface area contributed by atoms with E-state index >= 15 is 0 Å². The minimum absolute atomic E-state index is 0.0646. The van der Waals surface area contributed by atoms with Gasteiger partial charge < -0.3 is 9.47 Å². The first-order chi connectivity index (χ1) is 12.5. The molecule has 146 valence electrons. The highest BCUT2D eigenvalue weighted by Gasteiger charge is 2.59. The van der Waals surface area contributed by atoms with Crippen LogP contribution in [0.5, 0.6) is 0 Å². The van der Waals surface area contributed by atoms with E-state index in [2.05, 4.69) is 56.9 Å². The van der Waals surface area contributed by atoms with Crippen LogP contribution in [0.15, 0.2) is 30.3 Å².